The maximum Gasteiger partial charge on any atom is 0.0240 e. The van der Waals surface area contributed by atoms with Crippen molar-refractivity contribution in [3.8, 4) is 5.92 Å². The molecule has 0 amide bonds. The normalized spacial score (nSPS) is 7.75. The molecular weight excluding hydrogens is 217 g/mol. The van der Waals surface area contributed by atoms with Crippen LogP contribution in [-0.2, 0) is 19.5 Å². The molecular formula is C6H9BrZn-. The van der Waals surface area contributed by atoms with Gasteiger partial charge >= 0.3 is 0 Å². The number of halogens is 1. The van der Waals surface area contributed by atoms with E-state index in [1.165, 1.54) is 0 Å². The van der Waals surface area contributed by atoms with Gasteiger partial charge < -0.3 is 17.0 Å². The van der Waals surface area contributed by atoms with Crippen molar-refractivity contribution >= 4 is 0 Å². The first-order valence-corrected chi connectivity index (χ1v) is 2.00. The molecule has 0 nitrogen and oxygen atoms in total. The van der Waals surface area contributed by atoms with Crippen molar-refractivity contribution in [2.24, 2.45) is 5.41 Å². The summed E-state index contributed by atoms with van der Waals surface area (Å²) in [5, 5.41) is 0. The van der Waals surface area contributed by atoms with Crippen molar-refractivity contribution in [3.63, 3.8) is 0 Å². The molecule has 0 fully saturated rings. The zero-order valence-electron chi connectivity index (χ0n) is 5.59. The maximum absolute atomic E-state index is 6.60. The molecule has 0 aliphatic heterocycles. The van der Waals surface area contributed by atoms with Crippen molar-refractivity contribution in [3.05, 3.63) is 6.42 Å². The van der Waals surface area contributed by atoms with Crippen LogP contribution in [0.15, 0.2) is 0 Å². The van der Waals surface area contributed by atoms with E-state index in [1.54, 1.807) is 0 Å². The minimum absolute atomic E-state index is 0. The third-order valence-electron chi connectivity index (χ3n) is 0.375. The van der Waals surface area contributed by atoms with Crippen LogP contribution in [0.4, 0.5) is 0 Å². The van der Waals surface area contributed by atoms with Gasteiger partial charge in [-0.25, -0.2) is 0 Å². The van der Waals surface area contributed by atoms with Crippen molar-refractivity contribution in [1.29, 1.82) is 0 Å². The van der Waals surface area contributed by atoms with Gasteiger partial charge in [-0.15, -0.1) is 0 Å². The van der Waals surface area contributed by atoms with E-state index in [1.807, 2.05) is 20.8 Å². The van der Waals surface area contributed by atoms with Crippen molar-refractivity contribution in [2.45, 2.75) is 20.8 Å². The second kappa shape index (κ2) is 5.79. The SMILES string of the molecule is [Br-].[C]#CC(C)(C)C.[Zn]. The number of hydrogen-bond acceptors (Lipinski definition) is 0. The van der Waals surface area contributed by atoms with Crippen LogP contribution in [0.2, 0.25) is 0 Å². The molecule has 2 heteroatoms. The summed E-state index contributed by atoms with van der Waals surface area (Å²) in [5.74, 6) is 2.35. The van der Waals surface area contributed by atoms with Gasteiger partial charge in [-0.2, -0.15) is 0 Å². The van der Waals surface area contributed by atoms with Gasteiger partial charge in [0.05, 0.1) is 0 Å². The largest absolute Gasteiger partial charge is 1.00 e. The topological polar surface area (TPSA) is 0 Å². The van der Waals surface area contributed by atoms with Crippen LogP contribution in [0.3, 0.4) is 0 Å². The molecule has 0 N–H and O–H groups in total. The molecule has 8 heavy (non-hydrogen) atoms. The fraction of sp³-hybridized carbons (Fsp3) is 0.667. The minimum atomic E-state index is -0.0417. The maximum atomic E-state index is 6.60. The quantitative estimate of drug-likeness (QED) is 0.353. The summed E-state index contributed by atoms with van der Waals surface area (Å²) >= 11 is 0. The Bertz CT molecular complexity index is 75.5. The summed E-state index contributed by atoms with van der Waals surface area (Å²) in [7, 11) is 0. The predicted octanol–water partition coefficient (Wildman–Crippen LogP) is -1.38. The minimum Gasteiger partial charge on any atom is -1.00 e. The molecule has 0 bridgehead atoms. The molecule has 0 aromatic heterocycles. The van der Waals surface area contributed by atoms with Gasteiger partial charge in [0.1, 0.15) is 0 Å². The Hall–Kier alpha value is 0.663. The molecule has 0 spiro atoms. The van der Waals surface area contributed by atoms with Crippen LogP contribution in [0, 0.1) is 17.8 Å². The number of hydrogen-bond donors (Lipinski definition) is 0. The van der Waals surface area contributed by atoms with E-state index >= 15 is 0 Å². The van der Waals surface area contributed by atoms with E-state index in [0.717, 1.165) is 0 Å². The van der Waals surface area contributed by atoms with Crippen LogP contribution < -0.4 is 17.0 Å². The van der Waals surface area contributed by atoms with Gasteiger partial charge in [-0.3, -0.25) is 0 Å². The van der Waals surface area contributed by atoms with E-state index in [4.69, 9.17) is 6.42 Å². The van der Waals surface area contributed by atoms with E-state index in [-0.39, 0.29) is 41.9 Å². The molecule has 0 aromatic carbocycles. The molecule has 1 radical (unpaired) electrons. The van der Waals surface area contributed by atoms with Crippen LogP contribution >= 0.6 is 0 Å². The first kappa shape index (κ1) is 15.9. The average Bonchev–Trinajstić information content (AvgIpc) is 1.35. The van der Waals surface area contributed by atoms with Crippen molar-refractivity contribution in [1.82, 2.24) is 0 Å². The summed E-state index contributed by atoms with van der Waals surface area (Å²) in [4.78, 5) is 0. The standard InChI is InChI=1S/C6H9.BrH.Zn/c1-5-6(2,3)4;;/h2-4H3;1H;/p-1. The summed E-state index contributed by atoms with van der Waals surface area (Å²) in [6.07, 6.45) is 6.60. The number of rotatable bonds is 0. The summed E-state index contributed by atoms with van der Waals surface area (Å²) in [6, 6.07) is 0. The molecule has 0 aliphatic carbocycles. The molecule has 0 saturated heterocycles. The molecule has 0 heterocycles. The smallest absolute Gasteiger partial charge is 0.0240 e. The summed E-state index contributed by atoms with van der Waals surface area (Å²) in [5.41, 5.74) is -0.0417. The van der Waals surface area contributed by atoms with Crippen molar-refractivity contribution < 1.29 is 36.5 Å². The Morgan fingerprint density at radius 3 is 1.38 bits per heavy atom. The molecule has 0 rings (SSSR count). The fourth-order valence-electron chi connectivity index (χ4n) is 0. The second-order valence-electron chi connectivity index (χ2n) is 2.38. The Labute approximate surface area is 75.0 Å². The monoisotopic (exact) mass is 224 g/mol. The van der Waals surface area contributed by atoms with Gasteiger partial charge in [0.15, 0.2) is 0 Å². The van der Waals surface area contributed by atoms with E-state index in [2.05, 4.69) is 5.92 Å². The van der Waals surface area contributed by atoms with Crippen molar-refractivity contribution in [2.75, 3.05) is 0 Å². The zero-order chi connectivity index (χ0) is 5.21. The van der Waals surface area contributed by atoms with Gasteiger partial charge in [0.2, 0.25) is 0 Å². The van der Waals surface area contributed by atoms with Crippen LogP contribution in [-0.4, -0.2) is 0 Å². The molecule has 0 saturated carbocycles. The molecule has 0 aromatic rings. The Kier molecular flexibility index (Phi) is 11.5. The molecule has 43 valence electrons. The summed E-state index contributed by atoms with van der Waals surface area (Å²) < 4.78 is 0. The summed E-state index contributed by atoms with van der Waals surface area (Å²) in [6.45, 7) is 5.83. The molecule has 0 atom stereocenters. The first-order chi connectivity index (χ1) is 2.56. The average molecular weight is 226 g/mol. The van der Waals surface area contributed by atoms with Gasteiger partial charge in [-0.05, 0) is 27.2 Å². The molecule has 0 aliphatic rings. The first-order valence-electron chi connectivity index (χ1n) is 2.00. The zero-order valence-corrected chi connectivity index (χ0v) is 10.1. The van der Waals surface area contributed by atoms with E-state index < -0.39 is 0 Å². The van der Waals surface area contributed by atoms with Crippen LogP contribution in [0.5, 0.6) is 0 Å². The molecule has 0 unspecified atom stereocenters. The Morgan fingerprint density at radius 2 is 1.38 bits per heavy atom. The Balaban J connectivity index is -0.000000125. The van der Waals surface area contributed by atoms with Crippen LogP contribution in [0.1, 0.15) is 20.8 Å². The van der Waals surface area contributed by atoms with Crippen LogP contribution in [0.25, 0.3) is 0 Å². The van der Waals surface area contributed by atoms with Gasteiger partial charge in [0.25, 0.3) is 0 Å². The van der Waals surface area contributed by atoms with Gasteiger partial charge in [-0.1, -0.05) is 5.92 Å². The third-order valence-corrected chi connectivity index (χ3v) is 0.375. The van der Waals surface area contributed by atoms with Gasteiger partial charge in [0, 0.05) is 24.9 Å². The third kappa shape index (κ3) is 15.9. The Morgan fingerprint density at radius 1 is 1.25 bits per heavy atom. The second-order valence-corrected chi connectivity index (χ2v) is 2.38. The fourth-order valence-corrected chi connectivity index (χ4v) is 0. The van der Waals surface area contributed by atoms with E-state index in [9.17, 15) is 0 Å². The van der Waals surface area contributed by atoms with E-state index in [0.29, 0.717) is 0 Å². The predicted molar refractivity (Wildman–Crippen MR) is 26.6 cm³/mol.